The van der Waals surface area contributed by atoms with Gasteiger partial charge in [-0.1, -0.05) is 23.7 Å². The van der Waals surface area contributed by atoms with Crippen LogP contribution in [0.25, 0.3) is 0 Å². The van der Waals surface area contributed by atoms with E-state index in [9.17, 15) is 4.79 Å². The number of nitrogens with one attached hydrogen (secondary N) is 1. The van der Waals surface area contributed by atoms with E-state index in [1.807, 2.05) is 6.07 Å². The standard InChI is InChI=1S/C17H15ClN2O4/c1-22-15-8-13(16(23-2)7-12(15)18)20-17(21)10-24-14-6-4-3-5-11(14)9-19/h3-8H,10H2,1-2H3,(H,20,21). The van der Waals surface area contributed by atoms with Crippen LogP contribution in [0.3, 0.4) is 0 Å². The molecule has 0 heterocycles. The summed E-state index contributed by atoms with van der Waals surface area (Å²) < 4.78 is 15.7. The molecule has 6 nitrogen and oxygen atoms in total. The Morgan fingerprint density at radius 1 is 1.17 bits per heavy atom. The van der Waals surface area contributed by atoms with Crippen molar-refractivity contribution in [2.45, 2.75) is 0 Å². The largest absolute Gasteiger partial charge is 0.495 e. The highest BCUT2D eigenvalue weighted by Gasteiger charge is 2.13. The molecule has 7 heteroatoms. The molecule has 0 aliphatic rings. The third-order valence-electron chi connectivity index (χ3n) is 3.11. The fourth-order valence-corrected chi connectivity index (χ4v) is 2.20. The van der Waals surface area contributed by atoms with E-state index in [0.29, 0.717) is 33.5 Å². The first-order valence-electron chi connectivity index (χ1n) is 6.92. The molecule has 0 aliphatic heterocycles. The lowest BCUT2D eigenvalue weighted by atomic mass is 10.2. The molecule has 2 rings (SSSR count). The highest BCUT2D eigenvalue weighted by Crippen LogP contribution is 2.35. The number of ether oxygens (including phenoxy) is 3. The molecule has 24 heavy (non-hydrogen) atoms. The van der Waals surface area contributed by atoms with Crippen LogP contribution in [0.2, 0.25) is 5.02 Å². The van der Waals surface area contributed by atoms with Crippen LogP contribution in [0, 0.1) is 11.3 Å². The Hall–Kier alpha value is -2.91. The summed E-state index contributed by atoms with van der Waals surface area (Å²) in [6.07, 6.45) is 0. The molecule has 0 bridgehead atoms. The molecular weight excluding hydrogens is 332 g/mol. The Bertz CT molecular complexity index is 787. The van der Waals surface area contributed by atoms with Gasteiger partial charge in [0.1, 0.15) is 23.3 Å². The molecule has 1 N–H and O–H groups in total. The molecule has 2 aromatic carbocycles. The molecule has 2 aromatic rings. The summed E-state index contributed by atoms with van der Waals surface area (Å²) in [7, 11) is 2.94. The van der Waals surface area contributed by atoms with Crippen molar-refractivity contribution < 1.29 is 19.0 Å². The van der Waals surface area contributed by atoms with Gasteiger partial charge in [-0.3, -0.25) is 4.79 Å². The molecular formula is C17H15ClN2O4. The third kappa shape index (κ3) is 4.09. The molecule has 0 aliphatic carbocycles. The molecule has 0 spiro atoms. The van der Waals surface area contributed by atoms with E-state index in [0.717, 1.165) is 0 Å². The van der Waals surface area contributed by atoms with E-state index in [1.165, 1.54) is 14.2 Å². The number of hydrogen-bond donors (Lipinski definition) is 1. The number of anilines is 1. The van der Waals surface area contributed by atoms with E-state index in [1.54, 1.807) is 36.4 Å². The fraction of sp³-hybridized carbons (Fsp3) is 0.176. The van der Waals surface area contributed by atoms with Gasteiger partial charge in [0.05, 0.1) is 30.5 Å². The second kappa shape index (κ2) is 8.09. The van der Waals surface area contributed by atoms with Gasteiger partial charge in [0.25, 0.3) is 5.91 Å². The first-order chi connectivity index (χ1) is 11.6. The van der Waals surface area contributed by atoms with Crippen molar-refractivity contribution in [2.24, 2.45) is 0 Å². The molecule has 0 saturated carbocycles. The first kappa shape index (κ1) is 17.4. The van der Waals surface area contributed by atoms with E-state index in [2.05, 4.69) is 5.32 Å². The Morgan fingerprint density at radius 2 is 1.88 bits per heavy atom. The molecule has 0 saturated heterocycles. The van der Waals surface area contributed by atoms with Crippen molar-refractivity contribution in [2.75, 3.05) is 26.1 Å². The van der Waals surface area contributed by atoms with Crippen molar-refractivity contribution in [1.29, 1.82) is 5.26 Å². The van der Waals surface area contributed by atoms with Gasteiger partial charge in [-0.05, 0) is 12.1 Å². The van der Waals surface area contributed by atoms with Crippen molar-refractivity contribution in [3.63, 3.8) is 0 Å². The number of halogens is 1. The van der Waals surface area contributed by atoms with E-state index >= 15 is 0 Å². The second-order valence-corrected chi connectivity index (χ2v) is 5.04. The SMILES string of the molecule is COc1cc(NC(=O)COc2ccccc2C#N)c(OC)cc1Cl. The first-order valence-corrected chi connectivity index (χ1v) is 7.30. The van der Waals surface area contributed by atoms with Crippen molar-refractivity contribution >= 4 is 23.2 Å². The van der Waals surface area contributed by atoms with Crippen molar-refractivity contribution in [3.8, 4) is 23.3 Å². The average Bonchev–Trinajstić information content (AvgIpc) is 2.61. The summed E-state index contributed by atoms with van der Waals surface area (Å²) in [6.45, 7) is -0.257. The van der Waals surface area contributed by atoms with E-state index in [4.69, 9.17) is 31.1 Å². The Morgan fingerprint density at radius 3 is 2.54 bits per heavy atom. The Labute approximate surface area is 144 Å². The summed E-state index contributed by atoms with van der Waals surface area (Å²) in [6, 6.07) is 11.8. The van der Waals surface area contributed by atoms with Gasteiger partial charge < -0.3 is 19.5 Å². The predicted octanol–water partition coefficient (Wildman–Crippen LogP) is 3.25. The van der Waals surface area contributed by atoms with Crippen LogP contribution in [-0.4, -0.2) is 26.7 Å². The molecule has 0 fully saturated rings. The number of hydrogen-bond acceptors (Lipinski definition) is 5. The minimum atomic E-state index is -0.412. The summed E-state index contributed by atoms with van der Waals surface area (Å²) >= 11 is 6.02. The van der Waals surface area contributed by atoms with E-state index in [-0.39, 0.29) is 6.61 Å². The number of benzene rings is 2. The normalized spacial score (nSPS) is 9.75. The molecule has 0 radical (unpaired) electrons. The maximum atomic E-state index is 12.1. The summed E-state index contributed by atoms with van der Waals surface area (Å²) in [5.74, 6) is 0.733. The molecule has 0 aromatic heterocycles. The Balaban J connectivity index is 2.08. The zero-order chi connectivity index (χ0) is 17.5. The number of methoxy groups -OCH3 is 2. The highest BCUT2D eigenvalue weighted by atomic mass is 35.5. The number of nitrogens with zero attached hydrogens (tertiary/aromatic N) is 1. The fourth-order valence-electron chi connectivity index (χ4n) is 1.97. The van der Waals surface area contributed by atoms with Crippen LogP contribution in [0.1, 0.15) is 5.56 Å². The van der Waals surface area contributed by atoms with Crippen molar-refractivity contribution in [3.05, 3.63) is 47.0 Å². The Kier molecular flexibility index (Phi) is 5.88. The topological polar surface area (TPSA) is 80.6 Å². The molecule has 124 valence electrons. The predicted molar refractivity (Wildman–Crippen MR) is 89.8 cm³/mol. The van der Waals surface area contributed by atoms with Gasteiger partial charge in [-0.15, -0.1) is 0 Å². The summed E-state index contributed by atoms with van der Waals surface area (Å²) in [5.41, 5.74) is 0.761. The molecule has 0 unspecified atom stereocenters. The zero-order valence-corrected chi connectivity index (χ0v) is 13.9. The highest BCUT2D eigenvalue weighted by molar-refractivity contribution is 6.32. The maximum absolute atomic E-state index is 12.1. The van der Waals surface area contributed by atoms with Crippen molar-refractivity contribution in [1.82, 2.24) is 0 Å². The summed E-state index contributed by atoms with van der Waals surface area (Å²) in [4.78, 5) is 12.1. The van der Waals surface area contributed by atoms with E-state index < -0.39 is 5.91 Å². The van der Waals surface area contributed by atoms with Gasteiger partial charge in [-0.2, -0.15) is 5.26 Å². The van der Waals surface area contributed by atoms with Gasteiger partial charge in [0.15, 0.2) is 6.61 Å². The van der Waals surface area contributed by atoms with Gasteiger partial charge in [-0.25, -0.2) is 0 Å². The monoisotopic (exact) mass is 346 g/mol. The number of nitriles is 1. The minimum Gasteiger partial charge on any atom is -0.495 e. The lowest BCUT2D eigenvalue weighted by Gasteiger charge is -2.13. The maximum Gasteiger partial charge on any atom is 0.262 e. The van der Waals surface area contributed by atoms with Crippen LogP contribution in [0.4, 0.5) is 5.69 Å². The lowest BCUT2D eigenvalue weighted by molar-refractivity contribution is -0.118. The zero-order valence-electron chi connectivity index (χ0n) is 13.1. The number of rotatable bonds is 6. The number of amides is 1. The number of para-hydroxylation sites is 1. The number of carbonyl (C=O) groups is 1. The minimum absolute atomic E-state index is 0.257. The molecule has 0 atom stereocenters. The van der Waals surface area contributed by atoms with Crippen LogP contribution in [0.5, 0.6) is 17.2 Å². The summed E-state index contributed by atoms with van der Waals surface area (Å²) in [5, 5.41) is 12.0. The van der Waals surface area contributed by atoms with Gasteiger partial charge >= 0.3 is 0 Å². The lowest BCUT2D eigenvalue weighted by Crippen LogP contribution is -2.20. The number of carbonyl (C=O) groups excluding carboxylic acids is 1. The van der Waals surface area contributed by atoms with Gasteiger partial charge in [0, 0.05) is 12.1 Å². The average molecular weight is 347 g/mol. The quantitative estimate of drug-likeness (QED) is 0.868. The van der Waals surface area contributed by atoms with Crippen LogP contribution in [-0.2, 0) is 4.79 Å². The second-order valence-electron chi connectivity index (χ2n) is 4.63. The molecule has 1 amide bonds. The smallest absolute Gasteiger partial charge is 0.262 e. The third-order valence-corrected chi connectivity index (χ3v) is 3.41. The van der Waals surface area contributed by atoms with Crippen LogP contribution >= 0.6 is 11.6 Å². The van der Waals surface area contributed by atoms with Crippen LogP contribution < -0.4 is 19.5 Å². The van der Waals surface area contributed by atoms with Gasteiger partial charge in [0.2, 0.25) is 0 Å². The van der Waals surface area contributed by atoms with Crippen LogP contribution in [0.15, 0.2) is 36.4 Å².